The van der Waals surface area contributed by atoms with Gasteiger partial charge >= 0.3 is 5.97 Å². The zero-order chi connectivity index (χ0) is 14.1. The van der Waals surface area contributed by atoms with Crippen molar-refractivity contribution in [3.8, 4) is 0 Å². The number of carboxylic acids is 1. The number of carbonyl (C=O) groups is 2. The number of aliphatic carboxylic acids is 1. The van der Waals surface area contributed by atoms with Crippen molar-refractivity contribution >= 4 is 18.0 Å². The van der Waals surface area contributed by atoms with Gasteiger partial charge in [-0.15, -0.1) is 0 Å². The molecule has 5 nitrogen and oxygen atoms in total. The Bertz CT molecular complexity index is 468. The molecule has 102 valence electrons. The summed E-state index contributed by atoms with van der Waals surface area (Å²) >= 11 is 0. The lowest BCUT2D eigenvalue weighted by atomic mass is 10.1. The smallest absolute Gasteiger partial charge is 0.329 e. The van der Waals surface area contributed by atoms with Crippen molar-refractivity contribution in [1.82, 2.24) is 5.32 Å². The van der Waals surface area contributed by atoms with Crippen LogP contribution in [-0.4, -0.2) is 36.7 Å². The first-order valence-electron chi connectivity index (χ1n) is 5.90. The van der Waals surface area contributed by atoms with E-state index >= 15 is 0 Å². The normalized spacial score (nSPS) is 10.6. The standard InChI is InChI=1S/C14H17NO4/c1-11-4-2-3-5-12(11)6-7-13(16)15-8-9-19-10-14(17)18/h2-7H,8-10H2,1H3,(H,15,16)(H,17,18). The number of carboxylic acid groups (broad SMARTS) is 1. The van der Waals surface area contributed by atoms with Crippen LogP contribution in [0.1, 0.15) is 11.1 Å². The van der Waals surface area contributed by atoms with Crippen LogP contribution >= 0.6 is 0 Å². The molecule has 0 fully saturated rings. The Balaban J connectivity index is 2.28. The van der Waals surface area contributed by atoms with Gasteiger partial charge in [-0.3, -0.25) is 4.79 Å². The number of carbonyl (C=O) groups excluding carboxylic acids is 1. The quantitative estimate of drug-likeness (QED) is 0.573. The van der Waals surface area contributed by atoms with Crippen LogP contribution in [0.5, 0.6) is 0 Å². The lowest BCUT2D eigenvalue weighted by molar-refractivity contribution is -0.142. The molecule has 0 aliphatic rings. The fourth-order valence-corrected chi connectivity index (χ4v) is 1.40. The Kier molecular flexibility index (Phi) is 6.32. The van der Waals surface area contributed by atoms with E-state index in [9.17, 15) is 9.59 Å². The zero-order valence-corrected chi connectivity index (χ0v) is 10.8. The van der Waals surface area contributed by atoms with E-state index in [1.165, 1.54) is 6.08 Å². The van der Waals surface area contributed by atoms with E-state index in [2.05, 4.69) is 5.32 Å². The van der Waals surface area contributed by atoms with Gasteiger partial charge in [0.2, 0.25) is 5.91 Å². The first-order valence-corrected chi connectivity index (χ1v) is 5.90. The minimum Gasteiger partial charge on any atom is -0.480 e. The van der Waals surface area contributed by atoms with E-state index in [0.717, 1.165) is 11.1 Å². The topological polar surface area (TPSA) is 75.6 Å². The minimum atomic E-state index is -1.02. The Morgan fingerprint density at radius 1 is 1.37 bits per heavy atom. The largest absolute Gasteiger partial charge is 0.480 e. The highest BCUT2D eigenvalue weighted by molar-refractivity contribution is 5.91. The maximum absolute atomic E-state index is 11.5. The maximum atomic E-state index is 11.5. The molecule has 2 N–H and O–H groups in total. The van der Waals surface area contributed by atoms with Crippen LogP contribution in [0.3, 0.4) is 0 Å². The van der Waals surface area contributed by atoms with Gasteiger partial charge < -0.3 is 15.2 Å². The van der Waals surface area contributed by atoms with E-state index in [1.54, 1.807) is 6.08 Å². The van der Waals surface area contributed by atoms with Gasteiger partial charge in [-0.05, 0) is 24.1 Å². The molecule has 0 aromatic heterocycles. The van der Waals surface area contributed by atoms with E-state index in [0.29, 0.717) is 0 Å². The molecule has 0 saturated heterocycles. The van der Waals surface area contributed by atoms with Gasteiger partial charge in [-0.25, -0.2) is 4.79 Å². The zero-order valence-electron chi connectivity index (χ0n) is 10.8. The highest BCUT2D eigenvalue weighted by Gasteiger charge is 1.98. The Labute approximate surface area is 111 Å². The van der Waals surface area contributed by atoms with Crippen LogP contribution in [-0.2, 0) is 14.3 Å². The van der Waals surface area contributed by atoms with E-state index in [4.69, 9.17) is 9.84 Å². The third-order valence-corrected chi connectivity index (χ3v) is 2.37. The third kappa shape index (κ3) is 6.38. The van der Waals surface area contributed by atoms with Crippen molar-refractivity contribution in [2.24, 2.45) is 0 Å². The van der Waals surface area contributed by atoms with Crippen molar-refractivity contribution in [2.45, 2.75) is 6.92 Å². The molecular formula is C14H17NO4. The molecule has 5 heteroatoms. The number of nitrogens with one attached hydrogen (secondary N) is 1. The summed E-state index contributed by atoms with van der Waals surface area (Å²) < 4.78 is 4.79. The number of rotatable bonds is 7. The monoisotopic (exact) mass is 263 g/mol. The van der Waals surface area contributed by atoms with Crippen LogP contribution in [0, 0.1) is 6.92 Å². The van der Waals surface area contributed by atoms with Crippen LogP contribution in [0.15, 0.2) is 30.3 Å². The molecule has 0 radical (unpaired) electrons. The molecule has 0 unspecified atom stereocenters. The SMILES string of the molecule is Cc1ccccc1C=CC(=O)NCCOCC(=O)O. The molecule has 1 aromatic rings. The molecule has 0 heterocycles. The Hall–Kier alpha value is -2.14. The average Bonchev–Trinajstić information content (AvgIpc) is 2.37. The van der Waals surface area contributed by atoms with E-state index in [1.807, 2.05) is 31.2 Å². The predicted molar refractivity (Wildman–Crippen MR) is 71.7 cm³/mol. The lowest BCUT2D eigenvalue weighted by Gasteiger charge is -2.02. The fourth-order valence-electron chi connectivity index (χ4n) is 1.40. The average molecular weight is 263 g/mol. The number of hydrogen-bond donors (Lipinski definition) is 2. The van der Waals surface area contributed by atoms with Crippen LogP contribution in [0.4, 0.5) is 0 Å². The number of aryl methyl sites for hydroxylation is 1. The summed E-state index contributed by atoms with van der Waals surface area (Å²) in [5, 5.41) is 10.9. The molecule has 1 amide bonds. The summed E-state index contributed by atoms with van der Waals surface area (Å²) in [6.07, 6.45) is 3.18. The second-order valence-corrected chi connectivity index (χ2v) is 3.93. The molecule has 0 atom stereocenters. The molecule has 0 saturated carbocycles. The van der Waals surface area contributed by atoms with Crippen LogP contribution in [0.25, 0.3) is 6.08 Å². The highest BCUT2D eigenvalue weighted by atomic mass is 16.5. The van der Waals surface area contributed by atoms with Gasteiger partial charge in [0, 0.05) is 12.6 Å². The molecule has 1 rings (SSSR count). The second kappa shape index (κ2) is 8.05. The number of ether oxygens (including phenoxy) is 1. The molecule has 0 spiro atoms. The van der Waals surface area contributed by atoms with Gasteiger partial charge in [0.05, 0.1) is 6.61 Å². The van der Waals surface area contributed by atoms with Gasteiger partial charge in [0.15, 0.2) is 0 Å². The molecule has 19 heavy (non-hydrogen) atoms. The van der Waals surface area contributed by atoms with Gasteiger partial charge in [-0.2, -0.15) is 0 Å². The van der Waals surface area contributed by atoms with Gasteiger partial charge in [0.25, 0.3) is 0 Å². The van der Waals surface area contributed by atoms with Crippen molar-refractivity contribution < 1.29 is 19.4 Å². The first-order chi connectivity index (χ1) is 9.09. The molecule has 0 aliphatic carbocycles. The van der Waals surface area contributed by atoms with Crippen LogP contribution < -0.4 is 5.32 Å². The van der Waals surface area contributed by atoms with Gasteiger partial charge in [-0.1, -0.05) is 24.3 Å². The number of hydrogen-bond acceptors (Lipinski definition) is 3. The van der Waals surface area contributed by atoms with Crippen molar-refractivity contribution in [2.75, 3.05) is 19.8 Å². The molecule has 0 aliphatic heterocycles. The lowest BCUT2D eigenvalue weighted by Crippen LogP contribution is -2.26. The number of amides is 1. The van der Waals surface area contributed by atoms with E-state index in [-0.39, 0.29) is 25.7 Å². The molecule has 1 aromatic carbocycles. The summed E-state index contributed by atoms with van der Waals surface area (Å²) in [5.74, 6) is -1.26. The summed E-state index contributed by atoms with van der Waals surface area (Å²) in [7, 11) is 0. The first kappa shape index (κ1) is 14.9. The minimum absolute atomic E-state index is 0.177. The maximum Gasteiger partial charge on any atom is 0.329 e. The molecular weight excluding hydrogens is 246 g/mol. The summed E-state index contributed by atoms with van der Waals surface area (Å²) in [6.45, 7) is 2.08. The third-order valence-electron chi connectivity index (χ3n) is 2.37. The summed E-state index contributed by atoms with van der Waals surface area (Å²) in [5.41, 5.74) is 2.08. The fraction of sp³-hybridized carbons (Fsp3) is 0.286. The van der Waals surface area contributed by atoms with Gasteiger partial charge in [0.1, 0.15) is 6.61 Å². The predicted octanol–water partition coefficient (Wildman–Crippen LogP) is 1.23. The second-order valence-electron chi connectivity index (χ2n) is 3.93. The summed E-state index contributed by atoms with van der Waals surface area (Å²) in [4.78, 5) is 21.6. The van der Waals surface area contributed by atoms with Crippen LogP contribution in [0.2, 0.25) is 0 Å². The molecule has 0 bridgehead atoms. The van der Waals surface area contributed by atoms with E-state index < -0.39 is 5.97 Å². The van der Waals surface area contributed by atoms with Crippen molar-refractivity contribution in [3.63, 3.8) is 0 Å². The Morgan fingerprint density at radius 3 is 2.79 bits per heavy atom. The Morgan fingerprint density at radius 2 is 2.11 bits per heavy atom. The highest BCUT2D eigenvalue weighted by Crippen LogP contribution is 2.08. The van der Waals surface area contributed by atoms with Crippen molar-refractivity contribution in [1.29, 1.82) is 0 Å². The number of benzene rings is 1. The summed E-state index contributed by atoms with van der Waals surface area (Å²) in [6, 6.07) is 7.74. The van der Waals surface area contributed by atoms with Crippen molar-refractivity contribution in [3.05, 3.63) is 41.5 Å².